The number of hydrogen-bond donors (Lipinski definition) is 2. The van der Waals surface area contributed by atoms with Crippen molar-refractivity contribution in [2.75, 3.05) is 13.2 Å². The minimum absolute atomic E-state index is 0.108. The van der Waals surface area contributed by atoms with Crippen molar-refractivity contribution in [3.63, 3.8) is 0 Å². The van der Waals surface area contributed by atoms with Crippen LogP contribution in [-0.2, 0) is 20.2 Å². The van der Waals surface area contributed by atoms with Gasteiger partial charge < -0.3 is 18.6 Å². The lowest BCUT2D eigenvalue weighted by molar-refractivity contribution is 0.198. The van der Waals surface area contributed by atoms with E-state index in [-0.39, 0.29) is 25.9 Å². The van der Waals surface area contributed by atoms with Crippen LogP contribution in [0.25, 0.3) is 0 Å². The third kappa shape index (κ3) is 5.03. The predicted octanol–water partition coefficient (Wildman–Crippen LogP) is 4.39. The van der Waals surface area contributed by atoms with E-state index in [1.165, 1.54) is 0 Å². The Hall–Kier alpha value is -1.43. The van der Waals surface area contributed by atoms with Crippen LogP contribution in [0.4, 0.5) is 0 Å². The molecule has 2 aromatic rings. The molecule has 0 fully saturated rings. The van der Waals surface area contributed by atoms with Gasteiger partial charge in [-0.2, -0.15) is 0 Å². The number of hydrogen-bond acceptors (Lipinski definition) is 6. The van der Waals surface area contributed by atoms with E-state index in [1.54, 1.807) is 26.0 Å². The van der Waals surface area contributed by atoms with Gasteiger partial charge in [-0.15, -0.1) is 0 Å². The topological polar surface area (TPSA) is 80.9 Å². The van der Waals surface area contributed by atoms with Gasteiger partial charge in [0.15, 0.2) is 5.78 Å². The molecule has 0 aliphatic rings. The molecule has 1 aromatic carbocycles. The zero-order valence-corrected chi connectivity index (χ0v) is 15.7. The Morgan fingerprint density at radius 2 is 1.76 bits per heavy atom. The van der Waals surface area contributed by atoms with Crippen LogP contribution in [0.3, 0.4) is 0 Å². The van der Waals surface area contributed by atoms with Gasteiger partial charge in [-0.05, 0) is 38.5 Å². The second-order valence-electron chi connectivity index (χ2n) is 5.54. The van der Waals surface area contributed by atoms with Gasteiger partial charge in [-0.1, -0.05) is 30.3 Å². The quantitative estimate of drug-likeness (QED) is 0.606. The van der Waals surface area contributed by atoms with Crippen molar-refractivity contribution in [2.45, 2.75) is 39.2 Å². The van der Waals surface area contributed by atoms with E-state index in [0.717, 1.165) is 5.56 Å². The smallest absolute Gasteiger partial charge is 0.355 e. The zero-order valence-electron chi connectivity index (χ0n) is 14.8. The molecule has 0 amide bonds. The highest BCUT2D eigenvalue weighted by Gasteiger charge is 2.40. The molecular formula is C18H26NO5P. The first-order chi connectivity index (χ1) is 12.0. The van der Waals surface area contributed by atoms with Crippen LogP contribution in [0.15, 0.2) is 46.9 Å². The highest BCUT2D eigenvalue weighted by molar-refractivity contribution is 7.54. The molecule has 2 N–H and O–H groups in total. The molecule has 0 aliphatic heterocycles. The van der Waals surface area contributed by atoms with Gasteiger partial charge in [0.2, 0.25) is 0 Å². The summed E-state index contributed by atoms with van der Waals surface area (Å²) in [7, 11) is -3.51. The molecular weight excluding hydrogens is 341 g/mol. The van der Waals surface area contributed by atoms with E-state index in [1.807, 2.05) is 37.3 Å². The lowest BCUT2D eigenvalue weighted by atomic mass is 10.1. The summed E-state index contributed by atoms with van der Waals surface area (Å²) in [5.74, 6) is 0.0358. The van der Waals surface area contributed by atoms with Gasteiger partial charge in [-0.3, -0.25) is 9.88 Å². The largest absolute Gasteiger partial charge is 0.461 e. The molecule has 2 rings (SSSR count). The molecule has 0 bridgehead atoms. The van der Waals surface area contributed by atoms with Crippen LogP contribution < -0.4 is 5.32 Å². The molecule has 0 radical (unpaired) electrons. The van der Waals surface area contributed by atoms with E-state index in [2.05, 4.69) is 5.32 Å². The van der Waals surface area contributed by atoms with Crippen molar-refractivity contribution in [1.82, 2.24) is 5.32 Å². The van der Waals surface area contributed by atoms with Gasteiger partial charge in [0.1, 0.15) is 18.1 Å². The Morgan fingerprint density at radius 1 is 1.12 bits per heavy atom. The zero-order chi connectivity index (χ0) is 18.3. The number of aliphatic hydroxyl groups excluding tert-OH is 1. The monoisotopic (exact) mass is 367 g/mol. The van der Waals surface area contributed by atoms with Crippen molar-refractivity contribution in [2.24, 2.45) is 0 Å². The number of nitrogens with one attached hydrogen (secondary N) is 1. The van der Waals surface area contributed by atoms with Crippen molar-refractivity contribution in [3.8, 4) is 0 Å². The van der Waals surface area contributed by atoms with Gasteiger partial charge in [0.25, 0.3) is 0 Å². The van der Waals surface area contributed by atoms with Crippen molar-refractivity contribution in [1.29, 1.82) is 0 Å². The molecule has 138 valence electrons. The first-order valence-electron chi connectivity index (χ1n) is 8.43. The normalized spacial score (nSPS) is 14.4. The van der Waals surface area contributed by atoms with E-state index in [9.17, 15) is 9.67 Å². The molecule has 1 heterocycles. The minimum Gasteiger partial charge on any atom is -0.461 e. The lowest BCUT2D eigenvalue weighted by Gasteiger charge is -2.28. The number of furan rings is 1. The predicted molar refractivity (Wildman–Crippen MR) is 96.2 cm³/mol. The Balaban J connectivity index is 2.35. The van der Waals surface area contributed by atoms with E-state index in [0.29, 0.717) is 11.5 Å². The molecule has 1 aromatic heterocycles. The fourth-order valence-corrected chi connectivity index (χ4v) is 4.53. The summed E-state index contributed by atoms with van der Waals surface area (Å²) in [6.07, 6.45) is 0. The first kappa shape index (κ1) is 19.9. The number of aliphatic hydroxyl groups is 1. The van der Waals surface area contributed by atoms with Gasteiger partial charge in [0.05, 0.1) is 13.2 Å². The van der Waals surface area contributed by atoms with Crippen LogP contribution in [0.2, 0.25) is 0 Å². The SMILES string of the molecule is CCOP(=O)(OCC)C(N[C@@H](C)c1ccccc1)c1ccc(CO)o1. The third-order valence-corrected chi connectivity index (χ3v) is 6.02. The molecule has 2 atom stereocenters. The summed E-state index contributed by atoms with van der Waals surface area (Å²) in [5, 5.41) is 12.6. The van der Waals surface area contributed by atoms with Gasteiger partial charge >= 0.3 is 7.60 Å². The Morgan fingerprint density at radius 3 is 2.28 bits per heavy atom. The fourth-order valence-electron chi connectivity index (χ4n) is 2.58. The molecule has 1 unspecified atom stereocenters. The average molecular weight is 367 g/mol. The maximum absolute atomic E-state index is 13.3. The molecule has 0 aliphatic carbocycles. The molecule has 0 spiro atoms. The summed E-state index contributed by atoms with van der Waals surface area (Å²) in [6, 6.07) is 13.0. The Labute approximate surface area is 148 Å². The summed E-state index contributed by atoms with van der Waals surface area (Å²) in [5.41, 5.74) is 1.04. The molecule has 6 nitrogen and oxygen atoms in total. The van der Waals surface area contributed by atoms with Crippen molar-refractivity contribution >= 4 is 7.60 Å². The highest BCUT2D eigenvalue weighted by atomic mass is 31.2. The summed E-state index contributed by atoms with van der Waals surface area (Å²) < 4.78 is 30.0. The molecule has 0 saturated heterocycles. The van der Waals surface area contributed by atoms with Crippen LogP contribution in [0.1, 0.15) is 49.7 Å². The summed E-state index contributed by atoms with van der Waals surface area (Å²) in [6.45, 7) is 5.79. The highest BCUT2D eigenvalue weighted by Crippen LogP contribution is 2.60. The fraction of sp³-hybridized carbons (Fsp3) is 0.444. The van der Waals surface area contributed by atoms with E-state index >= 15 is 0 Å². The summed E-state index contributed by atoms with van der Waals surface area (Å²) in [4.78, 5) is 0. The van der Waals surface area contributed by atoms with Gasteiger partial charge in [0, 0.05) is 6.04 Å². The number of benzene rings is 1. The maximum Gasteiger partial charge on any atom is 0.355 e. The average Bonchev–Trinajstić information content (AvgIpc) is 3.09. The van der Waals surface area contributed by atoms with Crippen molar-refractivity contribution in [3.05, 3.63) is 59.5 Å². The first-order valence-corrected chi connectivity index (χ1v) is 10.0. The van der Waals surface area contributed by atoms with Crippen LogP contribution in [-0.4, -0.2) is 18.3 Å². The van der Waals surface area contributed by atoms with Gasteiger partial charge in [-0.25, -0.2) is 0 Å². The van der Waals surface area contributed by atoms with E-state index < -0.39 is 13.4 Å². The van der Waals surface area contributed by atoms with Crippen LogP contribution in [0.5, 0.6) is 0 Å². The second kappa shape index (κ2) is 9.32. The maximum atomic E-state index is 13.3. The standard InChI is InChI=1S/C18H26NO5P/c1-4-22-25(21,23-5-2)18(17-12-11-16(13-20)24-17)19-14(3)15-9-7-6-8-10-15/h6-12,14,18-20H,4-5,13H2,1-3H3/t14-,18?/m0/s1. The van der Waals surface area contributed by atoms with Crippen LogP contribution >= 0.6 is 7.60 Å². The molecule has 25 heavy (non-hydrogen) atoms. The summed E-state index contributed by atoms with van der Waals surface area (Å²) >= 11 is 0. The Bertz CT molecular complexity index is 678. The molecule has 7 heteroatoms. The lowest BCUT2D eigenvalue weighted by Crippen LogP contribution is -2.26. The van der Waals surface area contributed by atoms with Crippen LogP contribution in [0, 0.1) is 0 Å². The van der Waals surface area contributed by atoms with Crippen molar-refractivity contribution < 1.29 is 23.1 Å². The third-order valence-electron chi connectivity index (χ3n) is 3.75. The second-order valence-corrected chi connectivity index (χ2v) is 7.65. The number of rotatable bonds is 10. The molecule has 0 saturated carbocycles. The minimum atomic E-state index is -3.51. The Kier molecular flexibility index (Phi) is 7.41. The van der Waals surface area contributed by atoms with E-state index in [4.69, 9.17) is 13.5 Å².